The number of fused-ring (bicyclic) bond motifs is 1. The van der Waals surface area contributed by atoms with E-state index in [1.807, 2.05) is 62.5 Å². The molecular formula is C23H25BrN4O2. The lowest BCUT2D eigenvalue weighted by Gasteiger charge is -2.34. The molecule has 7 heteroatoms. The normalized spacial score (nSPS) is 14.8. The Kier molecular flexibility index (Phi) is 5.92. The minimum Gasteiger partial charge on any atom is -0.347 e. The minimum atomic E-state index is -0.113. The second-order valence-electron chi connectivity index (χ2n) is 7.63. The molecule has 1 aliphatic rings. The Balaban J connectivity index is 1.37. The monoisotopic (exact) mass is 468 g/mol. The van der Waals surface area contributed by atoms with Crippen LogP contribution in [0.15, 0.2) is 53.0 Å². The van der Waals surface area contributed by atoms with E-state index in [-0.39, 0.29) is 11.8 Å². The van der Waals surface area contributed by atoms with E-state index in [9.17, 15) is 9.59 Å². The number of Topliss-reactive ketones (excluding diaryl/α,β-unsaturated/α-hetero) is 1. The minimum absolute atomic E-state index is 0.113. The molecule has 2 aromatic carbocycles. The summed E-state index contributed by atoms with van der Waals surface area (Å²) in [6.45, 7) is 4.92. The molecule has 1 fully saturated rings. The number of aromatic nitrogens is 1. The number of halogens is 1. The largest absolute Gasteiger partial charge is 0.347 e. The molecule has 2 amide bonds. The Bertz CT molecular complexity index is 1100. The van der Waals surface area contributed by atoms with Crippen LogP contribution in [-0.4, -0.2) is 58.9 Å². The number of hydrogen-bond donors (Lipinski definition) is 1. The standard InChI is InChI=1S/C23H25BrN4O2/c1-16-22(17-7-3-6-10-20(17)26(16)2)21(29)15-27-11-13-28(14-12-27)23(30)25-19-9-5-4-8-18(19)24/h3-10H,11-15H2,1-2H3,(H,25,30). The number of aryl methyl sites for hydroxylation is 1. The molecule has 30 heavy (non-hydrogen) atoms. The lowest BCUT2D eigenvalue weighted by atomic mass is 10.1. The number of para-hydroxylation sites is 2. The van der Waals surface area contributed by atoms with Crippen LogP contribution in [0.3, 0.4) is 0 Å². The maximum Gasteiger partial charge on any atom is 0.321 e. The zero-order valence-electron chi connectivity index (χ0n) is 17.2. The van der Waals surface area contributed by atoms with Gasteiger partial charge in [0.25, 0.3) is 0 Å². The van der Waals surface area contributed by atoms with Gasteiger partial charge in [0.05, 0.1) is 12.2 Å². The van der Waals surface area contributed by atoms with Crippen molar-refractivity contribution in [3.8, 4) is 0 Å². The third kappa shape index (κ3) is 4.00. The molecule has 1 saturated heterocycles. The molecule has 0 saturated carbocycles. The van der Waals surface area contributed by atoms with E-state index < -0.39 is 0 Å². The second-order valence-corrected chi connectivity index (χ2v) is 8.49. The van der Waals surface area contributed by atoms with Gasteiger partial charge < -0.3 is 14.8 Å². The number of urea groups is 1. The van der Waals surface area contributed by atoms with Gasteiger partial charge in [0.1, 0.15) is 0 Å². The van der Waals surface area contributed by atoms with Gasteiger partial charge in [0.2, 0.25) is 0 Å². The smallest absolute Gasteiger partial charge is 0.321 e. The number of benzene rings is 2. The van der Waals surface area contributed by atoms with Gasteiger partial charge in [-0.2, -0.15) is 0 Å². The zero-order valence-corrected chi connectivity index (χ0v) is 18.8. The van der Waals surface area contributed by atoms with Crippen molar-refractivity contribution < 1.29 is 9.59 Å². The third-order valence-electron chi connectivity index (χ3n) is 5.82. The summed E-state index contributed by atoms with van der Waals surface area (Å²) in [5, 5.41) is 3.95. The predicted molar refractivity (Wildman–Crippen MR) is 123 cm³/mol. The van der Waals surface area contributed by atoms with Crippen LogP contribution in [0.1, 0.15) is 16.1 Å². The maximum atomic E-state index is 13.1. The first-order valence-electron chi connectivity index (χ1n) is 10.1. The quantitative estimate of drug-likeness (QED) is 0.581. The number of nitrogens with zero attached hydrogens (tertiary/aromatic N) is 3. The highest BCUT2D eigenvalue weighted by Gasteiger charge is 2.25. The van der Waals surface area contributed by atoms with E-state index in [1.54, 1.807) is 4.90 Å². The second kappa shape index (κ2) is 8.62. The first-order chi connectivity index (χ1) is 14.5. The molecule has 0 spiro atoms. The fourth-order valence-electron chi connectivity index (χ4n) is 4.02. The summed E-state index contributed by atoms with van der Waals surface area (Å²) in [7, 11) is 2.00. The van der Waals surface area contributed by atoms with E-state index in [0.717, 1.165) is 32.3 Å². The van der Waals surface area contributed by atoms with Crippen LogP contribution in [-0.2, 0) is 7.05 Å². The fraction of sp³-hybridized carbons (Fsp3) is 0.304. The van der Waals surface area contributed by atoms with Gasteiger partial charge in [0, 0.05) is 59.9 Å². The van der Waals surface area contributed by atoms with Crippen LogP contribution >= 0.6 is 15.9 Å². The van der Waals surface area contributed by atoms with Crippen LogP contribution in [0.25, 0.3) is 10.9 Å². The maximum absolute atomic E-state index is 13.1. The van der Waals surface area contributed by atoms with Gasteiger partial charge in [-0.05, 0) is 41.1 Å². The molecule has 1 N–H and O–H groups in total. The highest BCUT2D eigenvalue weighted by molar-refractivity contribution is 9.10. The number of carbonyl (C=O) groups is 2. The molecule has 0 atom stereocenters. The summed E-state index contributed by atoms with van der Waals surface area (Å²) in [5.41, 5.74) is 3.63. The molecule has 0 aliphatic carbocycles. The van der Waals surface area contributed by atoms with Crippen molar-refractivity contribution in [3.63, 3.8) is 0 Å². The van der Waals surface area contributed by atoms with E-state index in [4.69, 9.17) is 0 Å². The Morgan fingerprint density at radius 2 is 1.67 bits per heavy atom. The van der Waals surface area contributed by atoms with E-state index in [0.29, 0.717) is 32.7 Å². The van der Waals surface area contributed by atoms with Crippen molar-refractivity contribution in [1.29, 1.82) is 0 Å². The third-order valence-corrected chi connectivity index (χ3v) is 6.51. The van der Waals surface area contributed by atoms with Gasteiger partial charge in [-0.3, -0.25) is 9.69 Å². The van der Waals surface area contributed by atoms with E-state index in [2.05, 4.69) is 30.7 Å². The van der Waals surface area contributed by atoms with Crippen LogP contribution in [0.5, 0.6) is 0 Å². The average Bonchev–Trinajstić information content (AvgIpc) is 3.01. The summed E-state index contributed by atoms with van der Waals surface area (Å²) in [6.07, 6.45) is 0. The number of amides is 2. The van der Waals surface area contributed by atoms with Crippen molar-refractivity contribution in [1.82, 2.24) is 14.4 Å². The Morgan fingerprint density at radius 1 is 1.00 bits per heavy atom. The molecule has 6 nitrogen and oxygen atoms in total. The molecule has 0 bridgehead atoms. The summed E-state index contributed by atoms with van der Waals surface area (Å²) < 4.78 is 2.93. The predicted octanol–water partition coefficient (Wildman–Crippen LogP) is 4.28. The molecular weight excluding hydrogens is 444 g/mol. The Labute approximate surface area is 184 Å². The molecule has 4 rings (SSSR count). The average molecular weight is 469 g/mol. The van der Waals surface area contributed by atoms with Crippen molar-refractivity contribution in [3.05, 3.63) is 64.3 Å². The van der Waals surface area contributed by atoms with Gasteiger partial charge in [0.15, 0.2) is 5.78 Å². The highest BCUT2D eigenvalue weighted by atomic mass is 79.9. The van der Waals surface area contributed by atoms with Gasteiger partial charge >= 0.3 is 6.03 Å². The summed E-state index contributed by atoms with van der Waals surface area (Å²) in [5.74, 6) is 0.135. The fourth-order valence-corrected chi connectivity index (χ4v) is 4.40. The van der Waals surface area contributed by atoms with E-state index in [1.165, 1.54) is 0 Å². The van der Waals surface area contributed by atoms with E-state index >= 15 is 0 Å². The lowest BCUT2D eigenvalue weighted by molar-refractivity contribution is 0.0884. The number of rotatable bonds is 4. The Morgan fingerprint density at radius 3 is 2.40 bits per heavy atom. The number of anilines is 1. The number of ketones is 1. The first-order valence-corrected chi connectivity index (χ1v) is 10.8. The zero-order chi connectivity index (χ0) is 21.3. The number of hydrogen-bond acceptors (Lipinski definition) is 3. The number of piperazine rings is 1. The molecule has 1 aliphatic heterocycles. The lowest BCUT2D eigenvalue weighted by Crippen LogP contribution is -2.51. The van der Waals surface area contributed by atoms with Gasteiger partial charge in [-0.1, -0.05) is 30.3 Å². The van der Waals surface area contributed by atoms with Gasteiger partial charge in [-0.25, -0.2) is 4.79 Å². The van der Waals surface area contributed by atoms with Crippen molar-refractivity contribution in [2.75, 3.05) is 38.0 Å². The topological polar surface area (TPSA) is 57.6 Å². The van der Waals surface area contributed by atoms with Crippen LogP contribution in [0.4, 0.5) is 10.5 Å². The SMILES string of the molecule is Cc1c(C(=O)CN2CCN(C(=O)Nc3ccccc3Br)CC2)c2ccccc2n1C. The number of nitrogens with one attached hydrogen (secondary N) is 1. The summed E-state index contributed by atoms with van der Waals surface area (Å²) in [6, 6.07) is 15.5. The van der Waals surface area contributed by atoms with Crippen LogP contribution in [0, 0.1) is 6.92 Å². The molecule has 156 valence electrons. The van der Waals surface area contributed by atoms with Gasteiger partial charge in [-0.15, -0.1) is 0 Å². The first kappa shape index (κ1) is 20.6. The van der Waals surface area contributed by atoms with Crippen molar-refractivity contribution in [2.24, 2.45) is 7.05 Å². The summed E-state index contributed by atoms with van der Waals surface area (Å²) >= 11 is 3.45. The van der Waals surface area contributed by atoms with Crippen LogP contribution < -0.4 is 5.32 Å². The van der Waals surface area contributed by atoms with Crippen molar-refractivity contribution >= 4 is 44.3 Å². The summed E-state index contributed by atoms with van der Waals surface area (Å²) in [4.78, 5) is 29.6. The molecule has 0 radical (unpaired) electrons. The highest BCUT2D eigenvalue weighted by Crippen LogP contribution is 2.26. The van der Waals surface area contributed by atoms with Crippen LogP contribution in [0.2, 0.25) is 0 Å². The Hall–Kier alpha value is -2.64. The molecule has 2 heterocycles. The molecule has 1 aromatic heterocycles. The molecule has 0 unspecified atom stereocenters. The molecule has 3 aromatic rings. The van der Waals surface area contributed by atoms with Crippen molar-refractivity contribution in [2.45, 2.75) is 6.92 Å². The number of carbonyl (C=O) groups excluding carboxylic acids is 2.